The average Bonchev–Trinajstić information content (AvgIpc) is 3.15. The molecule has 0 bridgehead atoms. The second-order valence-electron chi connectivity index (χ2n) is 8.40. The van der Waals surface area contributed by atoms with Crippen molar-refractivity contribution in [1.29, 1.82) is 0 Å². The van der Waals surface area contributed by atoms with Gasteiger partial charge in [0.1, 0.15) is 0 Å². The van der Waals surface area contributed by atoms with Crippen molar-refractivity contribution in [2.45, 2.75) is 20.3 Å². The summed E-state index contributed by atoms with van der Waals surface area (Å²) in [5.74, 6) is 0.632. The Labute approximate surface area is 184 Å². The van der Waals surface area contributed by atoms with E-state index in [2.05, 4.69) is 110 Å². The zero-order valence-electron chi connectivity index (χ0n) is 18.2. The van der Waals surface area contributed by atoms with Crippen molar-refractivity contribution in [2.75, 3.05) is 0 Å². The Kier molecular flexibility index (Phi) is 4.95. The minimum atomic E-state index is 0.632. The van der Waals surface area contributed by atoms with Crippen LogP contribution in [0.2, 0.25) is 0 Å². The van der Waals surface area contributed by atoms with Gasteiger partial charge in [-0.05, 0) is 59.7 Å². The third kappa shape index (κ3) is 3.37. The molecule has 0 fully saturated rings. The average molecular weight is 402 g/mol. The van der Waals surface area contributed by atoms with Crippen molar-refractivity contribution >= 4 is 33.5 Å². The largest absolute Gasteiger partial charge is 0.309 e. The smallest absolute Gasteiger partial charge is 0.0576 e. The van der Waals surface area contributed by atoms with Crippen LogP contribution in [0.1, 0.15) is 30.0 Å². The van der Waals surface area contributed by atoms with Gasteiger partial charge in [-0.25, -0.2) is 0 Å². The van der Waals surface area contributed by atoms with Crippen LogP contribution >= 0.6 is 0 Å². The van der Waals surface area contributed by atoms with Gasteiger partial charge < -0.3 is 4.57 Å². The minimum Gasteiger partial charge on any atom is -0.309 e. The van der Waals surface area contributed by atoms with Crippen molar-refractivity contribution in [3.8, 4) is 5.69 Å². The van der Waals surface area contributed by atoms with E-state index in [4.69, 9.17) is 0 Å². The summed E-state index contributed by atoms with van der Waals surface area (Å²) in [7, 11) is 0. The predicted molar refractivity (Wildman–Crippen MR) is 136 cm³/mol. The third-order valence-electron chi connectivity index (χ3n) is 6.32. The Morgan fingerprint density at radius 3 is 2.52 bits per heavy atom. The standard InChI is InChI=1S/C30H27N/c1-4-5-8-23-17-20-28-27-9-6-7-10-29(27)31(30(28)22(23)3)26-18-15-25(16-19-26)24-13-11-21(2)12-14-24/h4-11,13-21H,1,12H2,2-3H3/b8-5-. The Morgan fingerprint density at radius 2 is 1.77 bits per heavy atom. The second-order valence-corrected chi connectivity index (χ2v) is 8.40. The van der Waals surface area contributed by atoms with Gasteiger partial charge in [-0.1, -0.05) is 92.4 Å². The molecule has 1 nitrogen and oxygen atoms in total. The monoisotopic (exact) mass is 401 g/mol. The van der Waals surface area contributed by atoms with Gasteiger partial charge in [0.05, 0.1) is 11.0 Å². The molecule has 0 N–H and O–H groups in total. The van der Waals surface area contributed by atoms with E-state index in [0.717, 1.165) is 6.42 Å². The lowest BCUT2D eigenvalue weighted by atomic mass is 9.94. The van der Waals surface area contributed by atoms with Gasteiger partial charge in [0, 0.05) is 16.5 Å². The quantitative estimate of drug-likeness (QED) is 0.303. The first-order chi connectivity index (χ1) is 15.2. The number of nitrogens with zero attached hydrogens (tertiary/aromatic N) is 1. The lowest BCUT2D eigenvalue weighted by Gasteiger charge is -2.14. The molecule has 1 atom stereocenters. The summed E-state index contributed by atoms with van der Waals surface area (Å²) in [6.45, 7) is 8.29. The van der Waals surface area contributed by atoms with E-state index >= 15 is 0 Å². The summed E-state index contributed by atoms with van der Waals surface area (Å²) in [5.41, 5.74) is 8.80. The molecule has 31 heavy (non-hydrogen) atoms. The molecule has 1 heterocycles. The number of hydrogen-bond donors (Lipinski definition) is 0. The van der Waals surface area contributed by atoms with Gasteiger partial charge >= 0.3 is 0 Å². The molecule has 1 aromatic heterocycles. The van der Waals surface area contributed by atoms with E-state index < -0.39 is 0 Å². The number of benzene rings is 3. The van der Waals surface area contributed by atoms with E-state index in [9.17, 15) is 0 Å². The highest BCUT2D eigenvalue weighted by Gasteiger charge is 2.15. The van der Waals surface area contributed by atoms with Crippen LogP contribution in [0.5, 0.6) is 0 Å². The lowest BCUT2D eigenvalue weighted by Crippen LogP contribution is -1.98. The van der Waals surface area contributed by atoms with Crippen molar-refractivity contribution in [2.24, 2.45) is 5.92 Å². The van der Waals surface area contributed by atoms with Gasteiger partial charge in [-0.15, -0.1) is 0 Å². The molecule has 0 spiro atoms. The summed E-state index contributed by atoms with van der Waals surface area (Å²) in [6, 6.07) is 22.1. The van der Waals surface area contributed by atoms with Gasteiger partial charge in [0.15, 0.2) is 0 Å². The number of allylic oxidation sites excluding steroid dienone is 6. The summed E-state index contributed by atoms with van der Waals surface area (Å²) < 4.78 is 2.40. The third-order valence-corrected chi connectivity index (χ3v) is 6.32. The summed E-state index contributed by atoms with van der Waals surface area (Å²) in [4.78, 5) is 0. The number of hydrogen-bond acceptors (Lipinski definition) is 0. The maximum atomic E-state index is 3.82. The first kappa shape index (κ1) is 19.4. The fourth-order valence-electron chi connectivity index (χ4n) is 4.60. The zero-order chi connectivity index (χ0) is 21.4. The second kappa shape index (κ2) is 7.92. The molecular weight excluding hydrogens is 374 g/mol. The summed E-state index contributed by atoms with van der Waals surface area (Å²) >= 11 is 0. The van der Waals surface area contributed by atoms with Crippen molar-refractivity contribution in [1.82, 2.24) is 4.57 Å². The van der Waals surface area contributed by atoms with Gasteiger partial charge in [0.25, 0.3) is 0 Å². The molecule has 3 aromatic carbocycles. The van der Waals surface area contributed by atoms with Gasteiger partial charge in [-0.2, -0.15) is 0 Å². The van der Waals surface area contributed by atoms with E-state index in [1.165, 1.54) is 49.8 Å². The molecule has 0 aliphatic heterocycles. The number of aromatic nitrogens is 1. The predicted octanol–water partition coefficient (Wildman–Crippen LogP) is 8.27. The van der Waals surface area contributed by atoms with Crippen LogP contribution in [0.3, 0.4) is 0 Å². The van der Waals surface area contributed by atoms with E-state index in [1.54, 1.807) is 0 Å². The summed E-state index contributed by atoms with van der Waals surface area (Å²) in [6.07, 6.45) is 14.0. The highest BCUT2D eigenvalue weighted by Crippen LogP contribution is 2.36. The van der Waals surface area contributed by atoms with E-state index in [1.807, 2.05) is 12.2 Å². The topological polar surface area (TPSA) is 4.93 Å². The number of fused-ring (bicyclic) bond motifs is 3. The molecular formula is C30H27N. The zero-order valence-corrected chi connectivity index (χ0v) is 18.2. The fourth-order valence-corrected chi connectivity index (χ4v) is 4.60. The van der Waals surface area contributed by atoms with Crippen LogP contribution in [0.15, 0.2) is 97.6 Å². The number of para-hydroxylation sites is 1. The highest BCUT2D eigenvalue weighted by molar-refractivity contribution is 6.11. The highest BCUT2D eigenvalue weighted by atomic mass is 15.0. The molecule has 152 valence electrons. The molecule has 0 saturated carbocycles. The SMILES string of the molecule is C=C/C=C\c1ccc2c3ccccc3n(-c3ccc(C4=CCC(C)C=C4)cc3)c2c1C. The molecule has 1 unspecified atom stereocenters. The molecule has 1 heteroatoms. The molecule has 0 amide bonds. The van der Waals surface area contributed by atoms with Crippen LogP contribution < -0.4 is 0 Å². The molecule has 1 aliphatic rings. The Bertz CT molecular complexity index is 1370. The molecule has 5 rings (SSSR count). The van der Waals surface area contributed by atoms with Gasteiger partial charge in [-0.3, -0.25) is 0 Å². The Morgan fingerprint density at radius 1 is 0.968 bits per heavy atom. The van der Waals surface area contributed by atoms with Crippen LogP contribution in [0.25, 0.3) is 39.1 Å². The number of aryl methyl sites for hydroxylation is 1. The molecule has 1 aliphatic carbocycles. The van der Waals surface area contributed by atoms with Crippen molar-refractivity contribution < 1.29 is 0 Å². The summed E-state index contributed by atoms with van der Waals surface area (Å²) in [5, 5.41) is 2.58. The van der Waals surface area contributed by atoms with E-state index in [0.29, 0.717) is 5.92 Å². The first-order valence-electron chi connectivity index (χ1n) is 11.0. The lowest BCUT2D eigenvalue weighted by molar-refractivity contribution is 0.739. The Balaban J connectivity index is 1.70. The van der Waals surface area contributed by atoms with Crippen molar-refractivity contribution in [3.63, 3.8) is 0 Å². The van der Waals surface area contributed by atoms with Crippen LogP contribution in [0.4, 0.5) is 0 Å². The van der Waals surface area contributed by atoms with Crippen LogP contribution in [0, 0.1) is 12.8 Å². The van der Waals surface area contributed by atoms with Gasteiger partial charge in [0.2, 0.25) is 0 Å². The van der Waals surface area contributed by atoms with E-state index in [-0.39, 0.29) is 0 Å². The maximum absolute atomic E-state index is 3.82. The molecule has 0 radical (unpaired) electrons. The number of rotatable bonds is 4. The first-order valence-corrected chi connectivity index (χ1v) is 11.0. The fraction of sp³-hybridized carbons (Fsp3) is 0.133. The van der Waals surface area contributed by atoms with Crippen LogP contribution in [-0.4, -0.2) is 4.57 Å². The van der Waals surface area contributed by atoms with Crippen molar-refractivity contribution in [3.05, 3.63) is 114 Å². The minimum absolute atomic E-state index is 0.632. The maximum Gasteiger partial charge on any atom is 0.0576 e. The Hall–Kier alpha value is -3.58. The van der Waals surface area contributed by atoms with Crippen LogP contribution in [-0.2, 0) is 0 Å². The normalized spacial score (nSPS) is 16.3. The molecule has 4 aromatic rings. The molecule has 0 saturated heterocycles.